The lowest BCUT2D eigenvalue weighted by molar-refractivity contribution is -0.135. The fraction of sp³-hybridized carbons (Fsp3) is 0.533. The third kappa shape index (κ3) is 2.84. The van der Waals surface area contributed by atoms with Crippen molar-refractivity contribution >= 4 is 11.6 Å². The van der Waals surface area contributed by atoms with E-state index in [-0.39, 0.29) is 5.91 Å². The van der Waals surface area contributed by atoms with E-state index in [4.69, 9.17) is 5.73 Å². The van der Waals surface area contributed by atoms with Gasteiger partial charge in [0.2, 0.25) is 5.91 Å². The predicted molar refractivity (Wildman–Crippen MR) is 74.1 cm³/mol. The number of benzene rings is 1. The number of anilines is 1. The molecule has 2 N–H and O–H groups in total. The van der Waals surface area contributed by atoms with Gasteiger partial charge in [-0.15, -0.1) is 0 Å². The Kier molecular flexibility index (Phi) is 3.90. The number of piperidine rings is 1. The van der Waals surface area contributed by atoms with E-state index in [1.807, 2.05) is 29.2 Å². The summed E-state index contributed by atoms with van der Waals surface area (Å²) in [7, 11) is 0. The Bertz CT molecular complexity index is 413. The Balaban J connectivity index is 2.01. The fourth-order valence-corrected chi connectivity index (χ4v) is 2.60. The number of carbonyl (C=O) groups excluding carboxylic acids is 1. The van der Waals surface area contributed by atoms with E-state index < -0.39 is 0 Å². The van der Waals surface area contributed by atoms with Crippen molar-refractivity contribution in [2.24, 2.45) is 5.92 Å². The van der Waals surface area contributed by atoms with Crippen LogP contribution in [0.1, 0.15) is 32.3 Å². The van der Waals surface area contributed by atoms with Gasteiger partial charge >= 0.3 is 0 Å². The average molecular weight is 246 g/mol. The van der Waals surface area contributed by atoms with E-state index >= 15 is 0 Å². The van der Waals surface area contributed by atoms with Crippen LogP contribution in [0.25, 0.3) is 0 Å². The number of nitrogens with two attached hydrogens (primary N) is 1. The quantitative estimate of drug-likeness (QED) is 0.815. The van der Waals surface area contributed by atoms with Gasteiger partial charge in [-0.25, -0.2) is 0 Å². The molecule has 2 rings (SSSR count). The van der Waals surface area contributed by atoms with Crippen molar-refractivity contribution in [3.05, 3.63) is 29.8 Å². The van der Waals surface area contributed by atoms with Crippen LogP contribution in [0.5, 0.6) is 0 Å². The maximum absolute atomic E-state index is 12.3. The lowest BCUT2D eigenvalue weighted by Gasteiger charge is -2.38. The van der Waals surface area contributed by atoms with Gasteiger partial charge < -0.3 is 10.6 Å². The van der Waals surface area contributed by atoms with E-state index in [0.717, 1.165) is 24.2 Å². The van der Waals surface area contributed by atoms with Crippen molar-refractivity contribution in [3.8, 4) is 0 Å². The van der Waals surface area contributed by atoms with Crippen molar-refractivity contribution in [2.75, 3.05) is 12.3 Å². The molecule has 0 aromatic heterocycles. The Hall–Kier alpha value is -1.51. The molecular weight excluding hydrogens is 224 g/mol. The van der Waals surface area contributed by atoms with E-state index in [1.54, 1.807) is 0 Å². The summed E-state index contributed by atoms with van der Waals surface area (Å²) in [5.74, 6) is 0.841. The van der Waals surface area contributed by atoms with E-state index in [1.165, 1.54) is 6.42 Å². The molecule has 98 valence electrons. The summed E-state index contributed by atoms with van der Waals surface area (Å²) >= 11 is 0. The number of nitrogen functional groups attached to an aromatic ring is 1. The van der Waals surface area contributed by atoms with Gasteiger partial charge in [-0.3, -0.25) is 4.79 Å². The normalized spacial score (nSPS) is 24.0. The van der Waals surface area contributed by atoms with Gasteiger partial charge in [0.15, 0.2) is 0 Å². The number of likely N-dealkylation sites (tertiary alicyclic amines) is 1. The van der Waals surface area contributed by atoms with Crippen LogP contribution in [-0.4, -0.2) is 23.4 Å². The summed E-state index contributed by atoms with van der Waals surface area (Å²) in [6, 6.07) is 7.94. The first-order valence-electron chi connectivity index (χ1n) is 6.72. The average Bonchev–Trinajstić information content (AvgIpc) is 2.35. The molecule has 0 bridgehead atoms. The molecule has 2 atom stereocenters. The van der Waals surface area contributed by atoms with Gasteiger partial charge in [0.05, 0.1) is 6.42 Å². The highest BCUT2D eigenvalue weighted by atomic mass is 16.2. The molecule has 0 unspecified atom stereocenters. The lowest BCUT2D eigenvalue weighted by atomic mass is 9.91. The topological polar surface area (TPSA) is 46.3 Å². The van der Waals surface area contributed by atoms with Crippen molar-refractivity contribution in [3.63, 3.8) is 0 Å². The molecule has 1 aromatic rings. The summed E-state index contributed by atoms with van der Waals surface area (Å²) in [6.07, 6.45) is 2.84. The van der Waals surface area contributed by atoms with Gasteiger partial charge in [-0.2, -0.15) is 0 Å². The van der Waals surface area contributed by atoms with E-state index in [0.29, 0.717) is 18.4 Å². The maximum Gasteiger partial charge on any atom is 0.227 e. The van der Waals surface area contributed by atoms with Crippen molar-refractivity contribution in [1.29, 1.82) is 0 Å². The maximum atomic E-state index is 12.3. The second-order valence-electron chi connectivity index (χ2n) is 5.37. The molecule has 3 heteroatoms. The predicted octanol–water partition coefficient (Wildman–Crippen LogP) is 2.46. The Labute approximate surface area is 109 Å². The second kappa shape index (κ2) is 5.42. The zero-order chi connectivity index (χ0) is 13.1. The van der Waals surface area contributed by atoms with Crippen LogP contribution in [0, 0.1) is 5.92 Å². The van der Waals surface area contributed by atoms with Crippen molar-refractivity contribution < 1.29 is 4.79 Å². The molecule has 1 amide bonds. The van der Waals surface area contributed by atoms with Crippen LogP contribution in [0.4, 0.5) is 5.69 Å². The number of rotatable bonds is 2. The summed E-state index contributed by atoms with van der Waals surface area (Å²) in [5.41, 5.74) is 7.43. The Morgan fingerprint density at radius 3 is 2.67 bits per heavy atom. The summed E-state index contributed by atoms with van der Waals surface area (Å²) in [6.45, 7) is 5.29. The highest BCUT2D eigenvalue weighted by Crippen LogP contribution is 2.23. The van der Waals surface area contributed by atoms with Gasteiger partial charge in [-0.1, -0.05) is 19.1 Å². The van der Waals surface area contributed by atoms with Crippen LogP contribution in [0.3, 0.4) is 0 Å². The summed E-state index contributed by atoms with van der Waals surface area (Å²) < 4.78 is 0. The zero-order valence-corrected chi connectivity index (χ0v) is 11.2. The van der Waals surface area contributed by atoms with Crippen LogP contribution in [-0.2, 0) is 11.2 Å². The molecule has 0 aliphatic carbocycles. The highest BCUT2D eigenvalue weighted by molar-refractivity contribution is 5.79. The molecule has 1 aliphatic rings. The highest BCUT2D eigenvalue weighted by Gasteiger charge is 2.27. The van der Waals surface area contributed by atoms with Crippen LogP contribution < -0.4 is 5.73 Å². The molecule has 1 heterocycles. The molecule has 0 spiro atoms. The minimum absolute atomic E-state index is 0.235. The third-order valence-electron chi connectivity index (χ3n) is 4.03. The summed E-state index contributed by atoms with van der Waals surface area (Å²) in [4.78, 5) is 14.3. The van der Waals surface area contributed by atoms with Crippen LogP contribution in [0.2, 0.25) is 0 Å². The second-order valence-corrected chi connectivity index (χ2v) is 5.37. The number of nitrogens with zero attached hydrogens (tertiary/aromatic N) is 1. The Morgan fingerprint density at radius 1 is 1.33 bits per heavy atom. The molecule has 1 saturated heterocycles. The lowest BCUT2D eigenvalue weighted by Crippen LogP contribution is -2.46. The van der Waals surface area contributed by atoms with E-state index in [2.05, 4.69) is 13.8 Å². The largest absolute Gasteiger partial charge is 0.399 e. The molecule has 3 nitrogen and oxygen atoms in total. The smallest absolute Gasteiger partial charge is 0.227 e. The third-order valence-corrected chi connectivity index (χ3v) is 4.03. The molecule has 18 heavy (non-hydrogen) atoms. The molecule has 1 aliphatic heterocycles. The fourth-order valence-electron chi connectivity index (χ4n) is 2.60. The standard InChI is InChI=1S/C15H22N2O/c1-11-4-3-9-17(12(11)2)15(18)10-13-5-7-14(16)8-6-13/h5-8,11-12H,3-4,9-10,16H2,1-2H3/t11-,12-/m1/s1. The molecular formula is C15H22N2O. The van der Waals surface area contributed by atoms with Crippen LogP contribution in [0.15, 0.2) is 24.3 Å². The first-order chi connectivity index (χ1) is 8.58. The van der Waals surface area contributed by atoms with Crippen molar-refractivity contribution in [1.82, 2.24) is 4.90 Å². The van der Waals surface area contributed by atoms with E-state index in [9.17, 15) is 4.79 Å². The SMILES string of the molecule is C[C@@H]1CCCN(C(=O)Cc2ccc(N)cc2)[C@@H]1C. The number of hydrogen-bond donors (Lipinski definition) is 1. The van der Waals surface area contributed by atoms with Gasteiger partial charge in [-0.05, 0) is 43.4 Å². The minimum atomic E-state index is 0.235. The first kappa shape index (κ1) is 12.9. The number of carbonyl (C=O) groups is 1. The van der Waals surface area contributed by atoms with Gasteiger partial charge in [0.25, 0.3) is 0 Å². The molecule has 1 aromatic carbocycles. The number of hydrogen-bond acceptors (Lipinski definition) is 2. The van der Waals surface area contributed by atoms with Gasteiger partial charge in [0, 0.05) is 18.3 Å². The number of amides is 1. The monoisotopic (exact) mass is 246 g/mol. The Morgan fingerprint density at radius 2 is 2.00 bits per heavy atom. The molecule has 0 radical (unpaired) electrons. The molecule has 0 saturated carbocycles. The zero-order valence-electron chi connectivity index (χ0n) is 11.2. The molecule has 1 fully saturated rings. The van der Waals surface area contributed by atoms with Crippen molar-refractivity contribution in [2.45, 2.75) is 39.2 Å². The summed E-state index contributed by atoms with van der Waals surface area (Å²) in [5, 5.41) is 0. The van der Waals surface area contributed by atoms with Crippen LogP contribution >= 0.6 is 0 Å². The minimum Gasteiger partial charge on any atom is -0.399 e. The van der Waals surface area contributed by atoms with Gasteiger partial charge in [0.1, 0.15) is 0 Å². The first-order valence-corrected chi connectivity index (χ1v) is 6.72.